The average molecular weight is 315 g/mol. The first-order valence-electron chi connectivity index (χ1n) is 4.87. The van der Waals surface area contributed by atoms with Crippen LogP contribution in [-0.4, -0.2) is 29.9 Å². The van der Waals surface area contributed by atoms with E-state index in [1.54, 1.807) is 6.07 Å². The van der Waals surface area contributed by atoms with Gasteiger partial charge in [0.2, 0.25) is 0 Å². The molecule has 0 aliphatic carbocycles. The van der Waals surface area contributed by atoms with Gasteiger partial charge >= 0.3 is 11.9 Å². The van der Waals surface area contributed by atoms with Crippen molar-refractivity contribution in [2.45, 2.75) is 6.92 Å². The molecule has 1 rings (SSSR count). The van der Waals surface area contributed by atoms with Crippen LogP contribution in [0.3, 0.4) is 0 Å². The van der Waals surface area contributed by atoms with Crippen molar-refractivity contribution in [3.63, 3.8) is 0 Å². The van der Waals surface area contributed by atoms with Crippen molar-refractivity contribution < 1.29 is 19.4 Å². The van der Waals surface area contributed by atoms with Crippen molar-refractivity contribution >= 4 is 39.3 Å². The lowest BCUT2D eigenvalue weighted by Crippen LogP contribution is -2.13. The molecule has 1 aromatic rings. The number of carboxylic acids is 1. The van der Waals surface area contributed by atoms with Gasteiger partial charge in [-0.15, -0.1) is 0 Å². The summed E-state index contributed by atoms with van der Waals surface area (Å²) >= 11 is 3.21. The number of nitrogens with one attached hydrogen (secondary N) is 1. The lowest BCUT2D eigenvalue weighted by molar-refractivity contribution is -0.132. The Hall–Kier alpha value is -1.89. The number of anilines is 1. The largest absolute Gasteiger partial charge is 0.478 e. The Kier molecular flexibility index (Phi) is 4.85. The number of rotatable bonds is 4. The smallest absolute Gasteiger partial charge is 0.353 e. The van der Waals surface area contributed by atoms with Crippen molar-refractivity contribution in [3.8, 4) is 0 Å². The maximum absolute atomic E-state index is 11.1. The first kappa shape index (κ1) is 14.2. The third-order valence-corrected chi connectivity index (χ3v) is 2.70. The van der Waals surface area contributed by atoms with Crippen LogP contribution >= 0.6 is 15.9 Å². The van der Waals surface area contributed by atoms with Crippen LogP contribution in [0.1, 0.15) is 17.3 Å². The van der Waals surface area contributed by atoms with Crippen LogP contribution in [0.15, 0.2) is 27.8 Å². The van der Waals surface area contributed by atoms with Gasteiger partial charge in [0.05, 0.1) is 18.4 Å². The summed E-state index contributed by atoms with van der Waals surface area (Å²) in [6.45, 7) is 1.50. The zero-order valence-electron chi connectivity index (χ0n) is 9.73. The number of halogens is 1. The molecule has 0 aliphatic heterocycles. The van der Waals surface area contributed by atoms with E-state index in [4.69, 9.17) is 5.11 Å². The molecule has 0 unspecified atom stereocenters. The number of methoxy groups -OCH3 is 1. The van der Waals surface area contributed by atoms with Gasteiger partial charge in [-0.25, -0.2) is 9.59 Å². The summed E-state index contributed by atoms with van der Waals surface area (Å²) in [6, 6.07) is 4.41. The molecule has 7 heteroatoms. The molecule has 1 aromatic carbocycles. The molecular weight excluding hydrogens is 304 g/mol. The van der Waals surface area contributed by atoms with Crippen LogP contribution < -0.4 is 5.43 Å². The van der Waals surface area contributed by atoms with E-state index in [2.05, 4.69) is 31.2 Å². The van der Waals surface area contributed by atoms with Crippen LogP contribution in [0.5, 0.6) is 0 Å². The number of nitrogens with zero attached hydrogens (tertiary/aromatic N) is 1. The summed E-state index contributed by atoms with van der Waals surface area (Å²) in [4.78, 5) is 21.8. The molecule has 0 atom stereocenters. The predicted molar refractivity (Wildman–Crippen MR) is 69.8 cm³/mol. The molecule has 96 valence electrons. The third kappa shape index (κ3) is 3.56. The van der Waals surface area contributed by atoms with E-state index >= 15 is 0 Å². The number of carboxylic acid groups (broad SMARTS) is 1. The highest BCUT2D eigenvalue weighted by molar-refractivity contribution is 9.10. The molecule has 0 spiro atoms. The van der Waals surface area contributed by atoms with E-state index in [-0.39, 0.29) is 11.3 Å². The molecule has 0 heterocycles. The highest BCUT2D eigenvalue weighted by Crippen LogP contribution is 2.23. The normalized spacial score (nSPS) is 10.9. The third-order valence-electron chi connectivity index (χ3n) is 2.04. The lowest BCUT2D eigenvalue weighted by Gasteiger charge is -2.05. The number of benzene rings is 1. The van der Waals surface area contributed by atoms with E-state index in [1.165, 1.54) is 26.2 Å². The topological polar surface area (TPSA) is 88.0 Å². The number of aromatic carboxylic acids is 1. The van der Waals surface area contributed by atoms with Crippen LogP contribution in [0.4, 0.5) is 5.69 Å². The Labute approximate surface area is 112 Å². The SMILES string of the molecule is COC(=O)/C(C)=N/Nc1ccc(C(=O)O)cc1Br. The number of hydrogen-bond donors (Lipinski definition) is 2. The van der Waals surface area contributed by atoms with Gasteiger partial charge in [0.1, 0.15) is 5.71 Å². The second-order valence-corrected chi connectivity index (χ2v) is 4.15. The standard InChI is InChI=1S/C11H11BrN2O4/c1-6(11(17)18-2)13-14-9-4-3-7(10(15)16)5-8(9)12/h3-5,14H,1-2H3,(H,15,16)/b13-6+. The Morgan fingerprint density at radius 3 is 2.61 bits per heavy atom. The fourth-order valence-electron chi connectivity index (χ4n) is 1.08. The summed E-state index contributed by atoms with van der Waals surface area (Å²) in [5.41, 5.74) is 3.50. The molecule has 0 saturated heterocycles. The maximum atomic E-state index is 11.1. The number of esters is 1. The average Bonchev–Trinajstić information content (AvgIpc) is 2.35. The van der Waals surface area contributed by atoms with Crippen molar-refractivity contribution in [3.05, 3.63) is 28.2 Å². The summed E-state index contributed by atoms with van der Waals surface area (Å²) in [5.74, 6) is -1.56. The first-order chi connectivity index (χ1) is 8.45. The Balaban J connectivity index is 2.87. The van der Waals surface area contributed by atoms with Gasteiger partial charge in [0.25, 0.3) is 0 Å². The predicted octanol–water partition coefficient (Wildman–Crippen LogP) is 2.11. The molecule has 0 amide bonds. The zero-order valence-corrected chi connectivity index (χ0v) is 11.3. The van der Waals surface area contributed by atoms with E-state index in [1.807, 2.05) is 0 Å². The van der Waals surface area contributed by atoms with Crippen LogP contribution in [0, 0.1) is 0 Å². The van der Waals surface area contributed by atoms with Crippen molar-refractivity contribution in [1.82, 2.24) is 0 Å². The quantitative estimate of drug-likeness (QED) is 0.505. The summed E-state index contributed by atoms with van der Waals surface area (Å²) in [7, 11) is 1.26. The first-order valence-corrected chi connectivity index (χ1v) is 5.66. The molecule has 0 aromatic heterocycles. The van der Waals surface area contributed by atoms with Gasteiger partial charge in [-0.3, -0.25) is 5.43 Å². The fraction of sp³-hybridized carbons (Fsp3) is 0.182. The summed E-state index contributed by atoms with van der Waals surface area (Å²) in [6.07, 6.45) is 0. The second kappa shape index (κ2) is 6.15. The van der Waals surface area contributed by atoms with Gasteiger partial charge < -0.3 is 9.84 Å². The van der Waals surface area contributed by atoms with Gasteiger partial charge in [-0.05, 0) is 41.1 Å². The van der Waals surface area contributed by atoms with E-state index in [0.717, 1.165) is 0 Å². The molecule has 0 saturated carbocycles. The number of hydrazone groups is 1. The van der Waals surface area contributed by atoms with E-state index < -0.39 is 11.9 Å². The van der Waals surface area contributed by atoms with Crippen molar-refractivity contribution in [2.24, 2.45) is 5.10 Å². The number of carbonyl (C=O) groups is 2. The van der Waals surface area contributed by atoms with Crippen molar-refractivity contribution in [2.75, 3.05) is 12.5 Å². The number of hydrogen-bond acceptors (Lipinski definition) is 5. The Morgan fingerprint density at radius 2 is 2.11 bits per heavy atom. The number of ether oxygens (including phenoxy) is 1. The molecule has 0 bridgehead atoms. The molecular formula is C11H11BrN2O4. The lowest BCUT2D eigenvalue weighted by atomic mass is 10.2. The van der Waals surface area contributed by atoms with Crippen LogP contribution in [0.2, 0.25) is 0 Å². The highest BCUT2D eigenvalue weighted by Gasteiger charge is 2.08. The van der Waals surface area contributed by atoms with Crippen LogP contribution in [-0.2, 0) is 9.53 Å². The van der Waals surface area contributed by atoms with Crippen LogP contribution in [0.25, 0.3) is 0 Å². The highest BCUT2D eigenvalue weighted by atomic mass is 79.9. The molecule has 0 radical (unpaired) electrons. The van der Waals surface area contributed by atoms with Gasteiger partial charge in [-0.1, -0.05) is 0 Å². The van der Waals surface area contributed by atoms with Crippen molar-refractivity contribution in [1.29, 1.82) is 0 Å². The zero-order chi connectivity index (χ0) is 13.7. The molecule has 2 N–H and O–H groups in total. The molecule has 6 nitrogen and oxygen atoms in total. The van der Waals surface area contributed by atoms with Gasteiger partial charge in [-0.2, -0.15) is 5.10 Å². The Bertz CT molecular complexity index is 514. The minimum Gasteiger partial charge on any atom is -0.478 e. The molecule has 0 aliphatic rings. The second-order valence-electron chi connectivity index (χ2n) is 3.30. The summed E-state index contributed by atoms with van der Waals surface area (Å²) < 4.78 is 5.01. The minimum absolute atomic E-state index is 0.154. The number of carbonyl (C=O) groups excluding carboxylic acids is 1. The van der Waals surface area contributed by atoms with E-state index in [9.17, 15) is 9.59 Å². The fourth-order valence-corrected chi connectivity index (χ4v) is 1.54. The maximum Gasteiger partial charge on any atom is 0.353 e. The molecule has 0 fully saturated rings. The minimum atomic E-state index is -1.02. The molecule has 18 heavy (non-hydrogen) atoms. The monoisotopic (exact) mass is 314 g/mol. The Morgan fingerprint density at radius 1 is 1.44 bits per heavy atom. The van der Waals surface area contributed by atoms with E-state index in [0.29, 0.717) is 10.2 Å². The van der Waals surface area contributed by atoms with Gasteiger partial charge in [0, 0.05) is 4.47 Å². The summed E-state index contributed by atoms with van der Waals surface area (Å²) in [5, 5.41) is 12.6. The van der Waals surface area contributed by atoms with Gasteiger partial charge in [0.15, 0.2) is 0 Å².